The van der Waals surface area contributed by atoms with Gasteiger partial charge >= 0.3 is 0 Å². The van der Waals surface area contributed by atoms with Crippen LogP contribution in [-0.4, -0.2) is 65.1 Å². The number of aromatic nitrogens is 2. The van der Waals surface area contributed by atoms with Crippen LogP contribution in [0, 0.1) is 0 Å². The Kier molecular flexibility index (Phi) is 4.50. The zero-order valence-electron chi connectivity index (χ0n) is 18.0. The molecule has 1 aromatic heterocycles. The zero-order valence-corrected chi connectivity index (χ0v) is 18.0. The number of hydrogen-bond acceptors (Lipinski definition) is 6. The average molecular weight is 427 g/mol. The molecule has 1 fully saturated rings. The van der Waals surface area contributed by atoms with Crippen molar-refractivity contribution in [2.45, 2.75) is 12.5 Å². The van der Waals surface area contributed by atoms with Gasteiger partial charge in [0.2, 0.25) is 0 Å². The summed E-state index contributed by atoms with van der Waals surface area (Å²) in [7, 11) is 2.18. The summed E-state index contributed by atoms with van der Waals surface area (Å²) < 4.78 is 0. The van der Waals surface area contributed by atoms with E-state index in [9.17, 15) is 5.11 Å². The number of aliphatic imine (C=N–C) groups is 1. The molecule has 2 aromatic carbocycles. The molecule has 0 saturated carbocycles. The second kappa shape index (κ2) is 7.53. The van der Waals surface area contributed by atoms with E-state index in [1.165, 1.54) is 5.69 Å². The van der Waals surface area contributed by atoms with Gasteiger partial charge in [0.25, 0.3) is 0 Å². The Morgan fingerprint density at radius 3 is 2.62 bits per heavy atom. The molecule has 0 bridgehead atoms. The first-order valence-corrected chi connectivity index (χ1v) is 11.1. The lowest BCUT2D eigenvalue weighted by atomic mass is 9.98. The minimum Gasteiger partial charge on any atom is -0.508 e. The SMILES string of the molecule is CN1CCN(c2ccc3nc(C4=CC=C5NC(c6ccc(O)cc6)=NC5C4)[nH]c3c2)CC1. The summed E-state index contributed by atoms with van der Waals surface area (Å²) >= 11 is 0. The zero-order chi connectivity index (χ0) is 21.7. The van der Waals surface area contributed by atoms with Gasteiger partial charge in [0.05, 0.1) is 17.1 Å². The van der Waals surface area contributed by atoms with Crippen LogP contribution < -0.4 is 10.2 Å². The van der Waals surface area contributed by atoms with E-state index >= 15 is 0 Å². The summed E-state index contributed by atoms with van der Waals surface area (Å²) in [6.45, 7) is 4.29. The van der Waals surface area contributed by atoms with Gasteiger partial charge in [-0.15, -0.1) is 0 Å². The highest BCUT2D eigenvalue weighted by Crippen LogP contribution is 2.32. The first kappa shape index (κ1) is 19.1. The van der Waals surface area contributed by atoms with Crippen LogP contribution in [0.1, 0.15) is 17.8 Å². The van der Waals surface area contributed by atoms with Gasteiger partial charge in [-0.1, -0.05) is 6.08 Å². The number of fused-ring (bicyclic) bond motifs is 2. The second-order valence-electron chi connectivity index (χ2n) is 8.76. The molecular formula is C25H26N6O. The first-order valence-electron chi connectivity index (χ1n) is 11.1. The van der Waals surface area contributed by atoms with Crippen LogP contribution in [0.25, 0.3) is 16.6 Å². The van der Waals surface area contributed by atoms with Gasteiger partial charge in [-0.2, -0.15) is 0 Å². The topological polar surface area (TPSA) is 79.8 Å². The summed E-state index contributed by atoms with van der Waals surface area (Å²) in [5, 5.41) is 13.0. The summed E-state index contributed by atoms with van der Waals surface area (Å²) in [6, 6.07) is 13.7. The minimum atomic E-state index is 0.0629. The Morgan fingerprint density at radius 1 is 1.00 bits per heavy atom. The van der Waals surface area contributed by atoms with Gasteiger partial charge in [0.15, 0.2) is 0 Å². The number of nitrogens with zero attached hydrogens (tertiary/aromatic N) is 4. The van der Waals surface area contributed by atoms with Crippen molar-refractivity contribution in [1.29, 1.82) is 0 Å². The Labute approximate surface area is 186 Å². The van der Waals surface area contributed by atoms with Crippen LogP contribution in [0.15, 0.2) is 65.3 Å². The maximum atomic E-state index is 9.53. The van der Waals surface area contributed by atoms with Crippen LogP contribution in [0.5, 0.6) is 5.75 Å². The van der Waals surface area contributed by atoms with Crippen molar-refractivity contribution in [3.8, 4) is 5.75 Å². The van der Waals surface area contributed by atoms with Gasteiger partial charge in [-0.3, -0.25) is 4.99 Å². The second-order valence-corrected chi connectivity index (χ2v) is 8.76. The molecule has 1 aliphatic carbocycles. The van der Waals surface area contributed by atoms with Crippen molar-refractivity contribution in [3.63, 3.8) is 0 Å². The number of amidine groups is 1. The normalized spacial score (nSPS) is 21.1. The van der Waals surface area contributed by atoms with Gasteiger partial charge in [-0.05, 0) is 61.2 Å². The molecule has 1 saturated heterocycles. The molecule has 3 aromatic rings. The molecule has 3 aliphatic rings. The number of H-pyrrole nitrogens is 1. The lowest BCUT2D eigenvalue weighted by Gasteiger charge is -2.34. The number of aromatic hydroxyl groups is 1. The number of aromatic amines is 1. The van der Waals surface area contributed by atoms with Crippen molar-refractivity contribution >= 4 is 28.1 Å². The number of imidazole rings is 1. The quantitative estimate of drug-likeness (QED) is 0.600. The molecule has 3 N–H and O–H groups in total. The number of rotatable bonds is 3. The number of phenols is 1. The van der Waals surface area contributed by atoms with E-state index in [2.05, 4.69) is 57.5 Å². The molecule has 0 amide bonds. The number of piperazine rings is 1. The van der Waals surface area contributed by atoms with E-state index < -0.39 is 0 Å². The third-order valence-electron chi connectivity index (χ3n) is 6.56. The Hall–Kier alpha value is -3.58. The maximum absolute atomic E-state index is 9.53. The molecule has 0 spiro atoms. The molecule has 32 heavy (non-hydrogen) atoms. The van der Waals surface area contributed by atoms with E-state index in [1.807, 2.05) is 12.1 Å². The molecule has 3 heterocycles. The van der Waals surface area contributed by atoms with Gasteiger partial charge in [0, 0.05) is 49.5 Å². The third-order valence-corrected chi connectivity index (χ3v) is 6.56. The molecule has 1 atom stereocenters. The highest BCUT2D eigenvalue weighted by atomic mass is 16.3. The first-order chi connectivity index (χ1) is 15.6. The monoisotopic (exact) mass is 426 g/mol. The lowest BCUT2D eigenvalue weighted by Crippen LogP contribution is -2.44. The number of nitrogens with one attached hydrogen (secondary N) is 2. The smallest absolute Gasteiger partial charge is 0.134 e. The van der Waals surface area contributed by atoms with Crippen molar-refractivity contribution in [2.75, 3.05) is 38.1 Å². The Balaban J connectivity index is 1.23. The van der Waals surface area contributed by atoms with E-state index in [4.69, 9.17) is 9.98 Å². The standard InChI is InChI=1S/C25H26N6O/c1-30-10-12-31(13-11-30)18-5-9-21-23(15-18)29-25(27-21)17-4-8-20-22(14-17)28-24(26-20)16-2-6-19(32)7-3-16/h2-9,15,22,32H,10-14H2,1H3,(H,26,28)(H,27,29). The van der Waals surface area contributed by atoms with Crippen LogP contribution in [-0.2, 0) is 0 Å². The van der Waals surface area contributed by atoms with Crippen molar-refractivity contribution in [1.82, 2.24) is 20.2 Å². The lowest BCUT2D eigenvalue weighted by molar-refractivity contribution is 0.313. The fourth-order valence-electron chi connectivity index (χ4n) is 4.61. The minimum absolute atomic E-state index is 0.0629. The largest absolute Gasteiger partial charge is 0.508 e. The number of phenolic OH excluding ortho intramolecular Hbond substituents is 1. The predicted molar refractivity (Wildman–Crippen MR) is 128 cm³/mol. The fourth-order valence-corrected chi connectivity index (χ4v) is 4.61. The van der Waals surface area contributed by atoms with E-state index in [0.29, 0.717) is 0 Å². The molecule has 2 aliphatic heterocycles. The molecule has 7 nitrogen and oxygen atoms in total. The number of anilines is 1. The van der Waals surface area contributed by atoms with E-state index in [-0.39, 0.29) is 11.8 Å². The average Bonchev–Trinajstić information content (AvgIpc) is 3.43. The summed E-state index contributed by atoms with van der Waals surface area (Å²) in [6.07, 6.45) is 5.03. The van der Waals surface area contributed by atoms with E-state index in [0.717, 1.165) is 72.1 Å². The fraction of sp³-hybridized carbons (Fsp3) is 0.280. The van der Waals surface area contributed by atoms with E-state index in [1.54, 1.807) is 12.1 Å². The molecule has 1 unspecified atom stereocenters. The summed E-state index contributed by atoms with van der Waals surface area (Å²) in [5.74, 6) is 2.02. The number of likely N-dealkylation sites (N-methyl/N-ethyl adjacent to an activating group) is 1. The maximum Gasteiger partial charge on any atom is 0.134 e. The number of benzene rings is 2. The van der Waals surface area contributed by atoms with Gasteiger partial charge < -0.3 is 25.2 Å². The van der Waals surface area contributed by atoms with Crippen LogP contribution in [0.3, 0.4) is 0 Å². The van der Waals surface area contributed by atoms with Gasteiger partial charge in [-0.25, -0.2) is 4.98 Å². The molecule has 162 valence electrons. The highest BCUT2D eigenvalue weighted by molar-refractivity contribution is 6.02. The number of hydrogen-bond donors (Lipinski definition) is 3. The Bertz CT molecular complexity index is 1260. The van der Waals surface area contributed by atoms with Crippen molar-refractivity contribution in [3.05, 3.63) is 71.7 Å². The van der Waals surface area contributed by atoms with Crippen molar-refractivity contribution < 1.29 is 5.11 Å². The van der Waals surface area contributed by atoms with Gasteiger partial charge in [0.1, 0.15) is 17.4 Å². The van der Waals surface area contributed by atoms with Crippen LogP contribution in [0.4, 0.5) is 5.69 Å². The molecule has 7 heteroatoms. The highest BCUT2D eigenvalue weighted by Gasteiger charge is 2.28. The van der Waals surface area contributed by atoms with Crippen LogP contribution >= 0.6 is 0 Å². The Morgan fingerprint density at radius 2 is 1.81 bits per heavy atom. The number of allylic oxidation sites excluding steroid dienone is 2. The molecular weight excluding hydrogens is 400 g/mol. The molecule has 6 rings (SSSR count). The van der Waals surface area contributed by atoms with Crippen molar-refractivity contribution in [2.24, 2.45) is 4.99 Å². The van der Waals surface area contributed by atoms with Crippen LogP contribution in [0.2, 0.25) is 0 Å². The molecule has 0 radical (unpaired) electrons. The summed E-state index contributed by atoms with van der Waals surface area (Å²) in [5.41, 5.74) is 6.55. The summed E-state index contributed by atoms with van der Waals surface area (Å²) in [4.78, 5) is 18.1. The third kappa shape index (κ3) is 3.44. The predicted octanol–water partition coefficient (Wildman–Crippen LogP) is 3.11.